The SMILES string of the molecule is Cc1cccc(C)c1OCC(=O)Nc1ccc(S(C)(=O)=O)cc1. The van der Waals surface area contributed by atoms with Gasteiger partial charge in [-0.15, -0.1) is 0 Å². The molecule has 2 aromatic carbocycles. The molecule has 6 heteroatoms. The highest BCUT2D eigenvalue weighted by atomic mass is 32.2. The lowest BCUT2D eigenvalue weighted by Gasteiger charge is -2.12. The van der Waals surface area contributed by atoms with Crippen LogP contribution in [0.25, 0.3) is 0 Å². The lowest BCUT2D eigenvalue weighted by atomic mass is 10.1. The van der Waals surface area contributed by atoms with Crippen molar-refractivity contribution in [3.05, 3.63) is 53.6 Å². The van der Waals surface area contributed by atoms with Gasteiger partial charge in [0.15, 0.2) is 16.4 Å². The molecule has 0 spiro atoms. The minimum absolute atomic E-state index is 0.112. The number of carbonyl (C=O) groups excluding carboxylic acids is 1. The van der Waals surface area contributed by atoms with Crippen LogP contribution in [-0.2, 0) is 14.6 Å². The number of rotatable bonds is 5. The number of hydrogen-bond acceptors (Lipinski definition) is 4. The Morgan fingerprint density at radius 3 is 2.13 bits per heavy atom. The number of para-hydroxylation sites is 1. The number of hydrogen-bond donors (Lipinski definition) is 1. The van der Waals surface area contributed by atoms with Crippen molar-refractivity contribution in [1.29, 1.82) is 0 Å². The van der Waals surface area contributed by atoms with E-state index in [9.17, 15) is 13.2 Å². The Hall–Kier alpha value is -2.34. The Morgan fingerprint density at radius 1 is 1.04 bits per heavy atom. The number of sulfone groups is 1. The van der Waals surface area contributed by atoms with Crippen LogP contribution in [0, 0.1) is 13.8 Å². The normalized spacial score (nSPS) is 11.1. The highest BCUT2D eigenvalue weighted by Crippen LogP contribution is 2.22. The fourth-order valence-corrected chi connectivity index (χ4v) is 2.78. The van der Waals surface area contributed by atoms with Crippen LogP contribution in [0.1, 0.15) is 11.1 Å². The summed E-state index contributed by atoms with van der Waals surface area (Å²) in [6, 6.07) is 11.8. The third-order valence-electron chi connectivity index (χ3n) is 3.32. The van der Waals surface area contributed by atoms with Crippen LogP contribution in [-0.4, -0.2) is 27.2 Å². The molecule has 1 N–H and O–H groups in total. The van der Waals surface area contributed by atoms with Gasteiger partial charge in [-0.05, 0) is 49.2 Å². The zero-order valence-electron chi connectivity index (χ0n) is 13.3. The summed E-state index contributed by atoms with van der Waals surface area (Å²) < 4.78 is 28.3. The van der Waals surface area contributed by atoms with E-state index < -0.39 is 9.84 Å². The molecule has 0 aliphatic carbocycles. The van der Waals surface area contributed by atoms with Gasteiger partial charge in [0.05, 0.1) is 4.90 Å². The number of amides is 1. The van der Waals surface area contributed by atoms with Gasteiger partial charge in [-0.1, -0.05) is 18.2 Å². The van der Waals surface area contributed by atoms with Crippen molar-refractivity contribution >= 4 is 21.4 Å². The molecule has 2 aromatic rings. The first-order chi connectivity index (χ1) is 10.8. The zero-order chi connectivity index (χ0) is 17.0. The van der Waals surface area contributed by atoms with Crippen LogP contribution in [0.2, 0.25) is 0 Å². The largest absolute Gasteiger partial charge is 0.483 e. The lowest BCUT2D eigenvalue weighted by molar-refractivity contribution is -0.118. The van der Waals surface area contributed by atoms with Crippen molar-refractivity contribution in [3.63, 3.8) is 0 Å². The molecule has 0 bridgehead atoms. The number of anilines is 1. The molecule has 0 aliphatic heterocycles. The van der Waals surface area contributed by atoms with Crippen LogP contribution in [0.5, 0.6) is 5.75 Å². The van der Waals surface area contributed by atoms with Crippen molar-refractivity contribution in [1.82, 2.24) is 0 Å². The van der Waals surface area contributed by atoms with E-state index in [2.05, 4.69) is 5.32 Å². The summed E-state index contributed by atoms with van der Waals surface area (Å²) in [5.41, 5.74) is 2.46. The number of nitrogens with one attached hydrogen (secondary N) is 1. The average Bonchev–Trinajstić information content (AvgIpc) is 2.46. The second-order valence-corrected chi connectivity index (χ2v) is 7.37. The maximum Gasteiger partial charge on any atom is 0.262 e. The molecule has 0 radical (unpaired) electrons. The van der Waals surface area contributed by atoms with Crippen LogP contribution in [0.3, 0.4) is 0 Å². The number of ether oxygens (including phenoxy) is 1. The molecule has 0 fully saturated rings. The van der Waals surface area contributed by atoms with Crippen molar-refractivity contribution in [2.75, 3.05) is 18.2 Å². The molecule has 0 heterocycles. The summed E-state index contributed by atoms with van der Waals surface area (Å²) >= 11 is 0. The van der Waals surface area contributed by atoms with Gasteiger partial charge in [-0.25, -0.2) is 8.42 Å². The summed E-state index contributed by atoms with van der Waals surface area (Å²) in [5.74, 6) is 0.398. The van der Waals surface area contributed by atoms with E-state index in [0.29, 0.717) is 11.4 Å². The average molecular weight is 333 g/mol. The number of carbonyl (C=O) groups is 1. The minimum atomic E-state index is -3.24. The van der Waals surface area contributed by atoms with Crippen molar-refractivity contribution in [3.8, 4) is 5.75 Å². The van der Waals surface area contributed by atoms with Crippen LogP contribution >= 0.6 is 0 Å². The standard InChI is InChI=1S/C17H19NO4S/c1-12-5-4-6-13(2)17(12)22-11-16(19)18-14-7-9-15(10-8-14)23(3,20)21/h4-10H,11H2,1-3H3,(H,18,19). The van der Waals surface area contributed by atoms with Gasteiger partial charge in [0.1, 0.15) is 5.75 Å². The minimum Gasteiger partial charge on any atom is -0.483 e. The molecule has 0 atom stereocenters. The second kappa shape index (κ2) is 6.83. The molecule has 2 rings (SSSR count). The molecule has 0 unspecified atom stereocenters. The van der Waals surface area contributed by atoms with E-state index >= 15 is 0 Å². The first-order valence-electron chi connectivity index (χ1n) is 7.06. The van der Waals surface area contributed by atoms with Gasteiger partial charge in [0.2, 0.25) is 0 Å². The highest BCUT2D eigenvalue weighted by molar-refractivity contribution is 7.90. The molecular formula is C17H19NO4S. The molecule has 0 aliphatic rings. The van der Waals surface area contributed by atoms with Crippen LogP contribution in [0.15, 0.2) is 47.4 Å². The monoisotopic (exact) mass is 333 g/mol. The molecule has 0 saturated carbocycles. The Bertz CT molecular complexity index is 791. The van der Waals surface area contributed by atoms with Crippen molar-refractivity contribution in [2.45, 2.75) is 18.7 Å². The third-order valence-corrected chi connectivity index (χ3v) is 4.45. The fourth-order valence-electron chi connectivity index (χ4n) is 2.15. The first-order valence-corrected chi connectivity index (χ1v) is 8.95. The number of aryl methyl sites for hydroxylation is 2. The number of benzene rings is 2. The van der Waals surface area contributed by atoms with Gasteiger partial charge < -0.3 is 10.1 Å². The predicted molar refractivity (Wildman–Crippen MR) is 89.6 cm³/mol. The summed E-state index contributed by atoms with van der Waals surface area (Å²) in [4.78, 5) is 12.1. The van der Waals surface area contributed by atoms with Gasteiger partial charge in [-0.3, -0.25) is 4.79 Å². The van der Waals surface area contributed by atoms with E-state index in [1.165, 1.54) is 12.1 Å². The third kappa shape index (κ3) is 4.56. The molecular weight excluding hydrogens is 314 g/mol. The fraction of sp³-hybridized carbons (Fsp3) is 0.235. The van der Waals surface area contributed by atoms with Gasteiger partial charge in [0, 0.05) is 11.9 Å². The summed E-state index contributed by atoms with van der Waals surface area (Å²) in [7, 11) is -3.24. The highest BCUT2D eigenvalue weighted by Gasteiger charge is 2.09. The van der Waals surface area contributed by atoms with E-state index in [-0.39, 0.29) is 17.4 Å². The Labute approximate surface area is 136 Å². The lowest BCUT2D eigenvalue weighted by Crippen LogP contribution is -2.20. The van der Waals surface area contributed by atoms with Crippen molar-refractivity contribution in [2.24, 2.45) is 0 Å². The first kappa shape index (κ1) is 17.0. The van der Waals surface area contributed by atoms with Crippen LogP contribution in [0.4, 0.5) is 5.69 Å². The Kier molecular flexibility index (Phi) is 5.05. The Morgan fingerprint density at radius 2 is 1.61 bits per heavy atom. The molecule has 1 amide bonds. The summed E-state index contributed by atoms with van der Waals surface area (Å²) in [5, 5.41) is 2.67. The van der Waals surface area contributed by atoms with Crippen molar-refractivity contribution < 1.29 is 17.9 Å². The summed E-state index contributed by atoms with van der Waals surface area (Å²) in [6.45, 7) is 3.73. The Balaban J connectivity index is 1.97. The van der Waals surface area contributed by atoms with E-state index in [4.69, 9.17) is 4.74 Å². The van der Waals surface area contributed by atoms with E-state index in [0.717, 1.165) is 17.4 Å². The molecule has 122 valence electrons. The van der Waals surface area contributed by atoms with E-state index in [1.54, 1.807) is 12.1 Å². The zero-order valence-corrected chi connectivity index (χ0v) is 14.1. The van der Waals surface area contributed by atoms with Crippen LogP contribution < -0.4 is 10.1 Å². The summed E-state index contributed by atoms with van der Waals surface area (Å²) in [6.07, 6.45) is 1.14. The predicted octanol–water partition coefficient (Wildman–Crippen LogP) is 2.72. The van der Waals surface area contributed by atoms with Gasteiger partial charge >= 0.3 is 0 Å². The topological polar surface area (TPSA) is 72.5 Å². The molecule has 0 saturated heterocycles. The second-order valence-electron chi connectivity index (χ2n) is 5.35. The quantitative estimate of drug-likeness (QED) is 0.913. The maximum absolute atomic E-state index is 11.9. The van der Waals surface area contributed by atoms with Gasteiger partial charge in [-0.2, -0.15) is 0 Å². The molecule has 5 nitrogen and oxygen atoms in total. The van der Waals surface area contributed by atoms with Gasteiger partial charge in [0.25, 0.3) is 5.91 Å². The molecule has 0 aromatic heterocycles. The van der Waals surface area contributed by atoms with E-state index in [1.807, 2.05) is 32.0 Å². The maximum atomic E-state index is 11.9. The molecule has 23 heavy (non-hydrogen) atoms. The smallest absolute Gasteiger partial charge is 0.262 e.